The van der Waals surface area contributed by atoms with Crippen molar-refractivity contribution in [1.29, 1.82) is 0 Å². The van der Waals surface area contributed by atoms with Crippen LogP contribution in [0.4, 0.5) is 10.5 Å². The van der Waals surface area contributed by atoms with Crippen LogP contribution in [0, 0.1) is 10.1 Å². The number of urea groups is 1. The summed E-state index contributed by atoms with van der Waals surface area (Å²) >= 11 is 0. The van der Waals surface area contributed by atoms with Crippen LogP contribution < -0.4 is 5.32 Å². The fourth-order valence-electron chi connectivity index (χ4n) is 2.91. The van der Waals surface area contributed by atoms with Crippen molar-refractivity contribution in [3.05, 3.63) is 64.2 Å². The van der Waals surface area contributed by atoms with Gasteiger partial charge < -0.3 is 14.3 Å². The SMILES string of the molecule is C[C@@]1(c2ccc([N+](=O)[O-])cc2)NC(=O)N(Cc2nc(-c3ccco3)no2)C1=O. The Hall–Kier alpha value is -4.02. The molecule has 1 aliphatic heterocycles. The molecular formula is C17H13N5O6. The number of benzene rings is 1. The van der Waals surface area contributed by atoms with Crippen LogP contribution in [0.1, 0.15) is 18.4 Å². The Balaban J connectivity index is 1.56. The number of carbonyl (C=O) groups is 2. The van der Waals surface area contributed by atoms with Crippen LogP contribution in [-0.2, 0) is 16.9 Å². The van der Waals surface area contributed by atoms with Gasteiger partial charge in [-0.05, 0) is 36.8 Å². The highest BCUT2D eigenvalue weighted by Gasteiger charge is 2.49. The third-order valence-electron chi connectivity index (χ3n) is 4.43. The van der Waals surface area contributed by atoms with E-state index in [-0.39, 0.29) is 23.9 Å². The zero-order chi connectivity index (χ0) is 19.9. The first-order valence-electron chi connectivity index (χ1n) is 8.14. The van der Waals surface area contributed by atoms with Gasteiger partial charge in [0.15, 0.2) is 5.76 Å². The number of rotatable bonds is 5. The molecule has 1 aliphatic rings. The van der Waals surface area contributed by atoms with E-state index in [1.807, 2.05) is 0 Å². The molecule has 0 bridgehead atoms. The Kier molecular flexibility index (Phi) is 3.91. The number of carbonyl (C=O) groups excluding carboxylic acids is 2. The van der Waals surface area contributed by atoms with Gasteiger partial charge in [0.05, 0.1) is 11.2 Å². The summed E-state index contributed by atoms with van der Waals surface area (Å²) in [5.74, 6) is 0.111. The first-order chi connectivity index (χ1) is 13.4. The Bertz CT molecular complexity index is 1060. The maximum absolute atomic E-state index is 12.9. The minimum absolute atomic E-state index is 0.0582. The van der Waals surface area contributed by atoms with Gasteiger partial charge in [0.1, 0.15) is 12.1 Å². The maximum Gasteiger partial charge on any atom is 0.325 e. The molecular weight excluding hydrogens is 370 g/mol. The number of amides is 3. The number of furan rings is 1. The van der Waals surface area contributed by atoms with Gasteiger partial charge in [-0.3, -0.25) is 19.8 Å². The first-order valence-corrected chi connectivity index (χ1v) is 8.14. The second-order valence-corrected chi connectivity index (χ2v) is 6.24. The number of nitro groups is 1. The summed E-state index contributed by atoms with van der Waals surface area (Å²) in [5.41, 5.74) is -1.06. The van der Waals surface area contributed by atoms with Crippen LogP contribution in [0.2, 0.25) is 0 Å². The Labute approximate surface area is 157 Å². The van der Waals surface area contributed by atoms with E-state index in [1.165, 1.54) is 37.5 Å². The van der Waals surface area contributed by atoms with Crippen molar-refractivity contribution in [2.24, 2.45) is 0 Å². The Morgan fingerprint density at radius 2 is 2.00 bits per heavy atom. The summed E-state index contributed by atoms with van der Waals surface area (Å²) < 4.78 is 10.3. The average Bonchev–Trinajstić information content (AvgIpc) is 3.40. The standard InChI is InChI=1S/C17H13N5O6/c1-17(10-4-6-11(7-5-10)22(25)26)15(23)21(16(24)19-17)9-13-18-14(20-28-13)12-3-2-8-27-12/h2-8H,9H2,1H3,(H,19,24)/t17-/m0/s1. The van der Waals surface area contributed by atoms with Gasteiger partial charge >= 0.3 is 6.03 Å². The third-order valence-corrected chi connectivity index (χ3v) is 4.43. The van der Waals surface area contributed by atoms with Crippen LogP contribution in [0.25, 0.3) is 11.6 Å². The number of non-ortho nitro benzene ring substituents is 1. The molecule has 0 unspecified atom stereocenters. The molecule has 1 saturated heterocycles. The van der Waals surface area contributed by atoms with Crippen molar-refractivity contribution in [2.75, 3.05) is 0 Å². The van der Waals surface area contributed by atoms with Gasteiger partial charge in [-0.2, -0.15) is 4.98 Å². The molecule has 3 aromatic rings. The average molecular weight is 383 g/mol. The van der Waals surface area contributed by atoms with E-state index in [9.17, 15) is 19.7 Å². The summed E-state index contributed by atoms with van der Waals surface area (Å²) in [6.07, 6.45) is 1.46. The number of nitrogens with one attached hydrogen (secondary N) is 1. The third kappa shape index (κ3) is 2.78. The molecule has 0 radical (unpaired) electrons. The molecule has 142 valence electrons. The van der Waals surface area contributed by atoms with E-state index in [4.69, 9.17) is 8.94 Å². The second kappa shape index (κ2) is 6.30. The number of hydrogen-bond acceptors (Lipinski definition) is 8. The lowest BCUT2D eigenvalue weighted by Gasteiger charge is -2.21. The zero-order valence-corrected chi connectivity index (χ0v) is 14.5. The molecule has 1 aromatic carbocycles. The lowest BCUT2D eigenvalue weighted by Crippen LogP contribution is -2.40. The largest absolute Gasteiger partial charge is 0.461 e. The van der Waals surface area contributed by atoms with E-state index in [1.54, 1.807) is 12.1 Å². The lowest BCUT2D eigenvalue weighted by molar-refractivity contribution is -0.384. The topological polar surface area (TPSA) is 145 Å². The summed E-state index contributed by atoms with van der Waals surface area (Å²) in [4.78, 5) is 40.6. The second-order valence-electron chi connectivity index (χ2n) is 6.24. The number of nitro benzene ring substituents is 1. The normalized spacial score (nSPS) is 19.1. The molecule has 3 amide bonds. The minimum atomic E-state index is -1.37. The van der Waals surface area contributed by atoms with Crippen LogP contribution in [-0.4, -0.2) is 31.9 Å². The summed E-state index contributed by atoms with van der Waals surface area (Å²) in [5, 5.41) is 17.2. The van der Waals surface area contributed by atoms with E-state index >= 15 is 0 Å². The fraction of sp³-hybridized carbons (Fsp3) is 0.176. The monoisotopic (exact) mass is 383 g/mol. The predicted molar refractivity (Wildman–Crippen MR) is 91.5 cm³/mol. The van der Waals surface area contributed by atoms with Crippen LogP contribution in [0.3, 0.4) is 0 Å². The van der Waals surface area contributed by atoms with Gasteiger partial charge in [-0.1, -0.05) is 5.16 Å². The fourth-order valence-corrected chi connectivity index (χ4v) is 2.91. The molecule has 11 heteroatoms. The smallest absolute Gasteiger partial charge is 0.325 e. The Morgan fingerprint density at radius 1 is 1.25 bits per heavy atom. The van der Waals surface area contributed by atoms with E-state index < -0.39 is 22.4 Å². The van der Waals surface area contributed by atoms with Gasteiger partial charge in [-0.25, -0.2) is 4.79 Å². The maximum atomic E-state index is 12.9. The number of aromatic nitrogens is 2. The van der Waals surface area contributed by atoms with Crippen molar-refractivity contribution < 1.29 is 23.5 Å². The summed E-state index contributed by atoms with van der Waals surface area (Å²) in [6.45, 7) is 1.30. The molecule has 28 heavy (non-hydrogen) atoms. The lowest BCUT2D eigenvalue weighted by atomic mass is 9.92. The number of imide groups is 1. The molecule has 0 aliphatic carbocycles. The van der Waals surface area contributed by atoms with Crippen molar-refractivity contribution in [3.63, 3.8) is 0 Å². The highest BCUT2D eigenvalue weighted by molar-refractivity contribution is 6.07. The molecule has 11 nitrogen and oxygen atoms in total. The molecule has 0 spiro atoms. The molecule has 0 saturated carbocycles. The minimum Gasteiger partial charge on any atom is -0.461 e. The van der Waals surface area contributed by atoms with Gasteiger partial charge in [-0.15, -0.1) is 0 Å². The summed E-state index contributed by atoms with van der Waals surface area (Å²) in [7, 11) is 0. The van der Waals surface area contributed by atoms with E-state index in [0.717, 1.165) is 4.90 Å². The number of nitrogens with zero attached hydrogens (tertiary/aromatic N) is 4. The van der Waals surface area contributed by atoms with Gasteiger partial charge in [0.2, 0.25) is 11.7 Å². The van der Waals surface area contributed by atoms with E-state index in [0.29, 0.717) is 11.3 Å². The molecule has 3 heterocycles. The van der Waals surface area contributed by atoms with Crippen molar-refractivity contribution in [2.45, 2.75) is 19.0 Å². The molecule has 1 atom stereocenters. The molecule has 4 rings (SSSR count). The quantitative estimate of drug-likeness (QED) is 0.401. The molecule has 1 fully saturated rings. The predicted octanol–water partition coefficient (Wildman–Crippen LogP) is 2.21. The van der Waals surface area contributed by atoms with Crippen molar-refractivity contribution in [1.82, 2.24) is 20.4 Å². The van der Waals surface area contributed by atoms with Gasteiger partial charge in [0, 0.05) is 12.1 Å². The highest BCUT2D eigenvalue weighted by Crippen LogP contribution is 2.31. The van der Waals surface area contributed by atoms with E-state index in [2.05, 4.69) is 15.5 Å². The zero-order valence-electron chi connectivity index (χ0n) is 14.5. The highest BCUT2D eigenvalue weighted by atomic mass is 16.6. The van der Waals surface area contributed by atoms with Crippen LogP contribution >= 0.6 is 0 Å². The van der Waals surface area contributed by atoms with Crippen LogP contribution in [0.5, 0.6) is 0 Å². The first kappa shape index (κ1) is 17.4. The van der Waals surface area contributed by atoms with Crippen molar-refractivity contribution >= 4 is 17.6 Å². The van der Waals surface area contributed by atoms with Crippen LogP contribution in [0.15, 0.2) is 51.6 Å². The number of hydrogen-bond donors (Lipinski definition) is 1. The Morgan fingerprint density at radius 3 is 2.64 bits per heavy atom. The van der Waals surface area contributed by atoms with Gasteiger partial charge in [0.25, 0.3) is 11.6 Å². The molecule has 2 aromatic heterocycles. The molecule has 1 N–H and O–H groups in total. The van der Waals surface area contributed by atoms with Crippen molar-refractivity contribution in [3.8, 4) is 11.6 Å². The summed E-state index contributed by atoms with van der Waals surface area (Å²) in [6, 6.07) is 8.09.